The highest BCUT2D eigenvalue weighted by atomic mass is 79.9. The second-order valence-electron chi connectivity index (χ2n) is 4.85. The van der Waals surface area contributed by atoms with E-state index < -0.39 is 0 Å². The number of hydrogen-bond donors (Lipinski definition) is 1. The minimum absolute atomic E-state index is 0.517. The van der Waals surface area contributed by atoms with Crippen LogP contribution in [0, 0.1) is 0 Å². The van der Waals surface area contributed by atoms with E-state index in [4.69, 9.17) is 16.3 Å². The predicted molar refractivity (Wildman–Crippen MR) is 91.9 cm³/mol. The topological polar surface area (TPSA) is 21.3 Å². The summed E-state index contributed by atoms with van der Waals surface area (Å²) in [4.78, 5) is 0. The normalized spacial score (nSPS) is 10.6. The molecule has 0 aliphatic heterocycles. The molecule has 0 saturated heterocycles. The van der Waals surface area contributed by atoms with Gasteiger partial charge in [0.05, 0.1) is 0 Å². The van der Waals surface area contributed by atoms with Gasteiger partial charge in [0, 0.05) is 21.6 Å². The molecule has 112 valence electrons. The van der Waals surface area contributed by atoms with Crippen LogP contribution in [0.2, 0.25) is 5.02 Å². The van der Waals surface area contributed by atoms with Gasteiger partial charge in [-0.1, -0.05) is 46.6 Å². The van der Waals surface area contributed by atoms with Crippen LogP contribution < -0.4 is 10.1 Å². The van der Waals surface area contributed by atoms with Crippen molar-refractivity contribution in [1.29, 1.82) is 0 Å². The van der Waals surface area contributed by atoms with Gasteiger partial charge in [0.15, 0.2) is 0 Å². The maximum absolute atomic E-state index is 5.99. The molecule has 21 heavy (non-hydrogen) atoms. The van der Waals surface area contributed by atoms with E-state index in [1.54, 1.807) is 0 Å². The molecule has 2 nitrogen and oxygen atoms in total. The molecular weight excluding hydrogens is 350 g/mol. The Balaban J connectivity index is 2.04. The molecule has 0 aromatic heterocycles. The quantitative estimate of drug-likeness (QED) is 0.680. The van der Waals surface area contributed by atoms with Crippen molar-refractivity contribution in [1.82, 2.24) is 5.32 Å². The summed E-state index contributed by atoms with van der Waals surface area (Å²) >= 11 is 9.50. The largest absolute Gasteiger partial charge is 0.489 e. The maximum Gasteiger partial charge on any atom is 0.124 e. The lowest BCUT2D eigenvalue weighted by Gasteiger charge is -2.13. The van der Waals surface area contributed by atoms with Gasteiger partial charge in [-0.05, 0) is 48.9 Å². The smallest absolute Gasteiger partial charge is 0.124 e. The molecule has 0 aliphatic carbocycles. The SMILES string of the molecule is CCCNCc1cc(Br)ccc1OCc1cccc(Cl)c1. The summed E-state index contributed by atoms with van der Waals surface area (Å²) in [7, 11) is 0. The lowest BCUT2D eigenvalue weighted by atomic mass is 10.2. The molecular formula is C17H19BrClNO. The second kappa shape index (κ2) is 8.42. The molecule has 0 heterocycles. The molecule has 4 heteroatoms. The summed E-state index contributed by atoms with van der Waals surface area (Å²) < 4.78 is 7.01. The van der Waals surface area contributed by atoms with Crippen LogP contribution in [0.5, 0.6) is 5.75 Å². The lowest BCUT2D eigenvalue weighted by Crippen LogP contribution is -2.14. The Kier molecular flexibility index (Phi) is 6.55. The standard InChI is InChI=1S/C17H19BrClNO/c1-2-8-20-11-14-10-15(18)6-7-17(14)21-12-13-4-3-5-16(19)9-13/h3-7,9-10,20H,2,8,11-12H2,1H3. The zero-order chi connectivity index (χ0) is 15.1. The van der Waals surface area contributed by atoms with E-state index in [1.807, 2.05) is 36.4 Å². The number of benzene rings is 2. The van der Waals surface area contributed by atoms with Gasteiger partial charge in [0.25, 0.3) is 0 Å². The van der Waals surface area contributed by atoms with Crippen molar-refractivity contribution >= 4 is 27.5 Å². The van der Waals surface area contributed by atoms with Gasteiger partial charge < -0.3 is 10.1 Å². The number of nitrogens with one attached hydrogen (secondary N) is 1. The Morgan fingerprint density at radius 2 is 2.05 bits per heavy atom. The van der Waals surface area contributed by atoms with Crippen molar-refractivity contribution in [2.45, 2.75) is 26.5 Å². The fraction of sp³-hybridized carbons (Fsp3) is 0.294. The van der Waals surface area contributed by atoms with Crippen molar-refractivity contribution in [3.63, 3.8) is 0 Å². The molecule has 0 radical (unpaired) electrons. The van der Waals surface area contributed by atoms with Crippen molar-refractivity contribution in [2.24, 2.45) is 0 Å². The summed E-state index contributed by atoms with van der Waals surface area (Å²) in [5.41, 5.74) is 2.22. The lowest BCUT2D eigenvalue weighted by molar-refractivity contribution is 0.302. The number of rotatable bonds is 7. The minimum Gasteiger partial charge on any atom is -0.489 e. The van der Waals surface area contributed by atoms with Gasteiger partial charge in [0.1, 0.15) is 12.4 Å². The van der Waals surface area contributed by atoms with E-state index in [0.717, 1.165) is 45.9 Å². The van der Waals surface area contributed by atoms with Crippen molar-refractivity contribution in [3.8, 4) is 5.75 Å². The van der Waals surface area contributed by atoms with E-state index in [0.29, 0.717) is 6.61 Å². The number of ether oxygens (including phenoxy) is 1. The van der Waals surface area contributed by atoms with Crippen LogP contribution in [0.25, 0.3) is 0 Å². The molecule has 0 unspecified atom stereocenters. The molecule has 0 spiro atoms. The first-order valence-electron chi connectivity index (χ1n) is 7.05. The third kappa shape index (κ3) is 5.34. The average Bonchev–Trinajstić information content (AvgIpc) is 2.47. The van der Waals surface area contributed by atoms with E-state index >= 15 is 0 Å². The average molecular weight is 369 g/mol. The Hall–Kier alpha value is -1.03. The Morgan fingerprint density at radius 1 is 1.19 bits per heavy atom. The molecule has 2 aromatic rings. The summed E-state index contributed by atoms with van der Waals surface area (Å²) in [6.07, 6.45) is 1.12. The monoisotopic (exact) mass is 367 g/mol. The first-order chi connectivity index (χ1) is 10.2. The van der Waals surface area contributed by atoms with Crippen LogP contribution in [0.4, 0.5) is 0 Å². The van der Waals surface area contributed by atoms with E-state index in [9.17, 15) is 0 Å². The highest BCUT2D eigenvalue weighted by Gasteiger charge is 2.05. The predicted octanol–water partition coefficient (Wildman–Crippen LogP) is 5.18. The van der Waals surface area contributed by atoms with Gasteiger partial charge >= 0.3 is 0 Å². The van der Waals surface area contributed by atoms with Crippen LogP contribution in [0.1, 0.15) is 24.5 Å². The summed E-state index contributed by atoms with van der Waals surface area (Å²) in [6, 6.07) is 13.8. The third-order valence-electron chi connectivity index (χ3n) is 3.05. The van der Waals surface area contributed by atoms with Crippen molar-refractivity contribution < 1.29 is 4.74 Å². The summed E-state index contributed by atoms with van der Waals surface area (Å²) in [5.74, 6) is 0.904. The highest BCUT2D eigenvalue weighted by Crippen LogP contribution is 2.24. The van der Waals surface area contributed by atoms with E-state index in [-0.39, 0.29) is 0 Å². The van der Waals surface area contributed by atoms with Gasteiger partial charge in [-0.25, -0.2) is 0 Å². The number of hydrogen-bond acceptors (Lipinski definition) is 2. The molecule has 0 amide bonds. The Morgan fingerprint density at radius 3 is 2.81 bits per heavy atom. The van der Waals surface area contributed by atoms with Crippen molar-refractivity contribution in [3.05, 3.63) is 63.1 Å². The van der Waals surface area contributed by atoms with Gasteiger partial charge in [-0.2, -0.15) is 0 Å². The first-order valence-corrected chi connectivity index (χ1v) is 8.22. The van der Waals surface area contributed by atoms with Crippen LogP contribution in [0.15, 0.2) is 46.9 Å². The van der Waals surface area contributed by atoms with Gasteiger partial charge in [-0.15, -0.1) is 0 Å². The van der Waals surface area contributed by atoms with Gasteiger partial charge in [-0.3, -0.25) is 0 Å². The zero-order valence-electron chi connectivity index (χ0n) is 12.0. The highest BCUT2D eigenvalue weighted by molar-refractivity contribution is 9.10. The maximum atomic E-state index is 5.99. The summed E-state index contributed by atoms with van der Waals surface area (Å²) in [6.45, 7) is 4.48. The fourth-order valence-electron chi connectivity index (χ4n) is 2.01. The van der Waals surface area contributed by atoms with E-state index in [1.165, 1.54) is 0 Å². The zero-order valence-corrected chi connectivity index (χ0v) is 14.4. The first kappa shape index (κ1) is 16.3. The Labute approximate surface area is 139 Å². The molecule has 0 fully saturated rings. The molecule has 0 bridgehead atoms. The van der Waals surface area contributed by atoms with Crippen LogP contribution in [0.3, 0.4) is 0 Å². The van der Waals surface area contributed by atoms with Gasteiger partial charge in [0.2, 0.25) is 0 Å². The van der Waals surface area contributed by atoms with Crippen LogP contribution in [-0.4, -0.2) is 6.54 Å². The summed E-state index contributed by atoms with van der Waals surface area (Å²) in [5, 5.41) is 4.14. The van der Waals surface area contributed by atoms with Crippen LogP contribution in [-0.2, 0) is 13.2 Å². The molecule has 2 aromatic carbocycles. The minimum atomic E-state index is 0.517. The number of halogens is 2. The Bertz CT molecular complexity index is 589. The molecule has 0 aliphatic rings. The molecule has 0 atom stereocenters. The van der Waals surface area contributed by atoms with Crippen LogP contribution >= 0.6 is 27.5 Å². The second-order valence-corrected chi connectivity index (χ2v) is 6.20. The van der Waals surface area contributed by atoms with Crippen molar-refractivity contribution in [2.75, 3.05) is 6.54 Å². The molecule has 2 rings (SSSR count). The third-order valence-corrected chi connectivity index (χ3v) is 3.78. The molecule has 1 N–H and O–H groups in total. The molecule has 0 saturated carbocycles. The fourth-order valence-corrected chi connectivity index (χ4v) is 2.64. The van der Waals surface area contributed by atoms with E-state index in [2.05, 4.69) is 34.2 Å².